The average Bonchev–Trinajstić information content (AvgIpc) is 3.23. The van der Waals surface area contributed by atoms with Gasteiger partial charge in [-0.2, -0.15) is 0 Å². The molecule has 1 aromatic heterocycles. The molecule has 0 spiro atoms. The molecule has 1 aliphatic carbocycles. The van der Waals surface area contributed by atoms with Gasteiger partial charge in [0.2, 0.25) is 5.91 Å². The fourth-order valence-corrected chi connectivity index (χ4v) is 2.96. The van der Waals surface area contributed by atoms with E-state index in [1.54, 1.807) is 12.1 Å². The van der Waals surface area contributed by atoms with Crippen LogP contribution in [0.2, 0.25) is 0 Å². The summed E-state index contributed by atoms with van der Waals surface area (Å²) >= 11 is 0. The molecule has 0 aliphatic heterocycles. The maximum absolute atomic E-state index is 12.2. The van der Waals surface area contributed by atoms with E-state index in [2.05, 4.69) is 20.3 Å². The Hall–Kier alpha value is -1.67. The van der Waals surface area contributed by atoms with Crippen molar-refractivity contribution in [3.05, 3.63) is 18.3 Å². The summed E-state index contributed by atoms with van der Waals surface area (Å²) < 4.78 is 26.8. The molecule has 8 heteroatoms. The Bertz CT molecular complexity index is 599. The van der Waals surface area contributed by atoms with Crippen molar-refractivity contribution in [2.75, 3.05) is 18.4 Å². The van der Waals surface area contributed by atoms with Gasteiger partial charge in [-0.15, -0.1) is 0 Å². The van der Waals surface area contributed by atoms with Crippen LogP contribution < -0.4 is 15.4 Å². The van der Waals surface area contributed by atoms with Crippen molar-refractivity contribution in [2.24, 2.45) is 0 Å². The van der Waals surface area contributed by atoms with E-state index < -0.39 is 10.0 Å². The van der Waals surface area contributed by atoms with Crippen LogP contribution in [0.3, 0.4) is 0 Å². The molecule has 7 nitrogen and oxygen atoms in total. The number of carbonyl (C=O) groups excluding carboxylic acids is 1. The molecule has 0 saturated heterocycles. The first kappa shape index (κ1) is 15.7. The Morgan fingerprint density at radius 2 is 2.19 bits per heavy atom. The summed E-state index contributed by atoms with van der Waals surface area (Å²) in [6, 6.07) is 3.61. The lowest BCUT2D eigenvalue weighted by molar-refractivity contribution is -0.121. The maximum atomic E-state index is 12.2. The quantitative estimate of drug-likeness (QED) is 0.647. The van der Waals surface area contributed by atoms with E-state index in [-0.39, 0.29) is 29.9 Å². The Balaban J connectivity index is 1.93. The molecule has 0 bridgehead atoms. The van der Waals surface area contributed by atoms with Gasteiger partial charge in [0.15, 0.2) is 5.03 Å². The predicted octanol–water partition coefficient (Wildman–Crippen LogP) is 0.460. The molecule has 3 N–H and O–H groups in total. The molecule has 0 aromatic carbocycles. The molecular weight excluding hydrogens is 292 g/mol. The fraction of sp³-hybridized carbons (Fsp3) is 0.538. The van der Waals surface area contributed by atoms with Crippen molar-refractivity contribution >= 4 is 21.6 Å². The third-order valence-corrected chi connectivity index (χ3v) is 4.40. The Morgan fingerprint density at radius 3 is 2.86 bits per heavy atom. The summed E-state index contributed by atoms with van der Waals surface area (Å²) in [6.45, 7) is 2.53. The highest BCUT2D eigenvalue weighted by Gasteiger charge is 2.24. The Kier molecular flexibility index (Phi) is 5.13. The molecule has 0 unspecified atom stereocenters. The number of nitrogens with zero attached hydrogens (tertiary/aromatic N) is 1. The van der Waals surface area contributed by atoms with Gasteiger partial charge >= 0.3 is 0 Å². The summed E-state index contributed by atoms with van der Waals surface area (Å²) in [7, 11) is -3.73. The zero-order valence-electron chi connectivity index (χ0n) is 11.9. The number of nitrogens with one attached hydrogen (secondary N) is 3. The van der Waals surface area contributed by atoms with Gasteiger partial charge in [-0.05, 0) is 31.9 Å². The highest BCUT2D eigenvalue weighted by molar-refractivity contribution is 7.89. The van der Waals surface area contributed by atoms with Crippen LogP contribution >= 0.6 is 0 Å². The normalized spacial score (nSPS) is 14.7. The average molecular weight is 312 g/mol. The van der Waals surface area contributed by atoms with E-state index >= 15 is 0 Å². The van der Waals surface area contributed by atoms with Crippen LogP contribution in [0.1, 0.15) is 26.2 Å². The van der Waals surface area contributed by atoms with Gasteiger partial charge in [0.05, 0.1) is 5.69 Å². The molecule has 1 heterocycles. The standard InChI is InChI=1S/C13H20N4O3S/c1-2-14-11-4-3-8-15-13(11)21(19,20)16-9-7-12(18)17-10-5-6-10/h3-4,8,10,14,16H,2,5-7,9H2,1H3,(H,17,18). The van der Waals surface area contributed by atoms with Crippen LogP contribution in [0.25, 0.3) is 0 Å². The smallest absolute Gasteiger partial charge is 0.260 e. The molecule has 1 fully saturated rings. The number of pyridine rings is 1. The number of carbonyl (C=O) groups is 1. The zero-order chi connectivity index (χ0) is 15.3. The van der Waals surface area contributed by atoms with Gasteiger partial charge < -0.3 is 10.6 Å². The number of hydrogen-bond donors (Lipinski definition) is 3. The highest BCUT2D eigenvalue weighted by Crippen LogP contribution is 2.19. The van der Waals surface area contributed by atoms with Gasteiger partial charge in [-0.3, -0.25) is 4.79 Å². The Labute approximate surface area is 124 Å². The SMILES string of the molecule is CCNc1cccnc1S(=O)(=O)NCCC(=O)NC1CC1. The largest absolute Gasteiger partial charge is 0.383 e. The van der Waals surface area contributed by atoms with Crippen molar-refractivity contribution < 1.29 is 13.2 Å². The molecule has 1 aromatic rings. The zero-order valence-corrected chi connectivity index (χ0v) is 12.7. The number of rotatable bonds is 8. The van der Waals surface area contributed by atoms with Gasteiger partial charge in [0.1, 0.15) is 0 Å². The van der Waals surface area contributed by atoms with Crippen LogP contribution in [0.5, 0.6) is 0 Å². The minimum Gasteiger partial charge on any atom is -0.383 e. The number of hydrogen-bond acceptors (Lipinski definition) is 5. The van der Waals surface area contributed by atoms with Crippen molar-refractivity contribution in [2.45, 2.75) is 37.3 Å². The number of aromatic nitrogens is 1. The molecule has 0 atom stereocenters. The first-order chi connectivity index (χ1) is 10.0. The maximum Gasteiger partial charge on any atom is 0.260 e. The van der Waals surface area contributed by atoms with Crippen LogP contribution in [0.4, 0.5) is 5.69 Å². The molecule has 21 heavy (non-hydrogen) atoms. The lowest BCUT2D eigenvalue weighted by Gasteiger charge is -2.11. The third kappa shape index (κ3) is 4.68. The number of sulfonamides is 1. The van der Waals surface area contributed by atoms with Gasteiger partial charge in [0.25, 0.3) is 10.0 Å². The van der Waals surface area contributed by atoms with Crippen LogP contribution in [0.15, 0.2) is 23.4 Å². The first-order valence-corrected chi connectivity index (χ1v) is 8.49. The van der Waals surface area contributed by atoms with Crippen molar-refractivity contribution in [1.29, 1.82) is 0 Å². The highest BCUT2D eigenvalue weighted by atomic mass is 32.2. The van der Waals surface area contributed by atoms with Crippen molar-refractivity contribution in [1.82, 2.24) is 15.0 Å². The molecule has 2 rings (SSSR count). The minimum absolute atomic E-state index is 0.0468. The third-order valence-electron chi connectivity index (χ3n) is 2.98. The second kappa shape index (κ2) is 6.86. The number of anilines is 1. The predicted molar refractivity (Wildman–Crippen MR) is 79.4 cm³/mol. The van der Waals surface area contributed by atoms with E-state index in [4.69, 9.17) is 0 Å². The van der Waals surface area contributed by atoms with Crippen LogP contribution in [-0.4, -0.2) is 38.4 Å². The van der Waals surface area contributed by atoms with Gasteiger partial charge in [-0.1, -0.05) is 0 Å². The van der Waals surface area contributed by atoms with Gasteiger partial charge in [-0.25, -0.2) is 18.1 Å². The molecular formula is C13H20N4O3S. The van der Waals surface area contributed by atoms with E-state index in [0.29, 0.717) is 12.2 Å². The number of amides is 1. The first-order valence-electron chi connectivity index (χ1n) is 7.01. The molecule has 1 saturated carbocycles. The van der Waals surface area contributed by atoms with E-state index in [1.807, 2.05) is 6.92 Å². The molecule has 0 radical (unpaired) electrons. The summed E-state index contributed by atoms with van der Waals surface area (Å²) in [5.41, 5.74) is 0.454. The summed E-state index contributed by atoms with van der Waals surface area (Å²) in [5, 5.41) is 5.72. The monoisotopic (exact) mass is 312 g/mol. The van der Waals surface area contributed by atoms with Gasteiger partial charge in [0, 0.05) is 31.7 Å². The minimum atomic E-state index is -3.73. The summed E-state index contributed by atoms with van der Waals surface area (Å²) in [6.07, 6.45) is 3.57. The van der Waals surface area contributed by atoms with Crippen molar-refractivity contribution in [3.63, 3.8) is 0 Å². The van der Waals surface area contributed by atoms with E-state index in [9.17, 15) is 13.2 Å². The second-order valence-electron chi connectivity index (χ2n) is 4.88. The lowest BCUT2D eigenvalue weighted by Crippen LogP contribution is -2.32. The van der Waals surface area contributed by atoms with Crippen molar-refractivity contribution in [3.8, 4) is 0 Å². The van der Waals surface area contributed by atoms with Crippen LogP contribution in [-0.2, 0) is 14.8 Å². The summed E-state index contributed by atoms with van der Waals surface area (Å²) in [4.78, 5) is 15.4. The lowest BCUT2D eigenvalue weighted by atomic mass is 10.4. The fourth-order valence-electron chi connectivity index (χ4n) is 1.82. The van der Waals surface area contributed by atoms with E-state index in [1.165, 1.54) is 6.20 Å². The second-order valence-corrected chi connectivity index (χ2v) is 6.56. The van der Waals surface area contributed by atoms with E-state index in [0.717, 1.165) is 12.8 Å². The molecule has 1 aliphatic rings. The van der Waals surface area contributed by atoms with Crippen LogP contribution in [0, 0.1) is 0 Å². The molecule has 1 amide bonds. The topological polar surface area (TPSA) is 100 Å². The molecule has 116 valence electrons. The Morgan fingerprint density at radius 1 is 1.43 bits per heavy atom. The summed E-state index contributed by atoms with van der Waals surface area (Å²) in [5.74, 6) is -0.131.